The van der Waals surface area contributed by atoms with Gasteiger partial charge in [-0.1, -0.05) is 54.2 Å². The fourth-order valence-electron chi connectivity index (χ4n) is 2.13. The number of hydrogen-bond donors (Lipinski definition) is 2. The molecule has 0 saturated heterocycles. The van der Waals surface area contributed by atoms with Crippen molar-refractivity contribution in [2.45, 2.75) is 5.75 Å². The molecule has 0 fully saturated rings. The van der Waals surface area contributed by atoms with Crippen molar-refractivity contribution in [1.82, 2.24) is 4.98 Å². The average Bonchev–Trinajstić information content (AvgIpc) is 3.03. The Morgan fingerprint density at radius 3 is 2.82 bits per heavy atom. The average molecular weight is 308 g/mol. The summed E-state index contributed by atoms with van der Waals surface area (Å²) >= 11 is 1.48. The first-order valence-electron chi connectivity index (χ1n) is 6.92. The van der Waals surface area contributed by atoms with E-state index in [1.165, 1.54) is 17.3 Å². The molecule has 0 radical (unpaired) electrons. The van der Waals surface area contributed by atoms with E-state index in [1.54, 1.807) is 6.21 Å². The van der Waals surface area contributed by atoms with Gasteiger partial charge >= 0.3 is 0 Å². The van der Waals surface area contributed by atoms with Crippen LogP contribution in [0.3, 0.4) is 0 Å². The first-order chi connectivity index (χ1) is 10.8. The van der Waals surface area contributed by atoms with Gasteiger partial charge in [-0.15, -0.1) is 5.10 Å². The molecule has 3 N–H and O–H groups in total. The van der Waals surface area contributed by atoms with Crippen LogP contribution in [0.5, 0.6) is 0 Å². The molecule has 2 aromatic carbocycles. The van der Waals surface area contributed by atoms with Crippen LogP contribution in [0.15, 0.2) is 71.0 Å². The van der Waals surface area contributed by atoms with Gasteiger partial charge in [0.1, 0.15) is 0 Å². The molecule has 3 aromatic rings. The first-order valence-corrected chi connectivity index (χ1v) is 7.91. The summed E-state index contributed by atoms with van der Waals surface area (Å²) < 4.78 is 0. The van der Waals surface area contributed by atoms with Crippen molar-refractivity contribution in [3.63, 3.8) is 0 Å². The van der Waals surface area contributed by atoms with E-state index in [0.29, 0.717) is 5.17 Å². The number of aromatic nitrogens is 1. The van der Waals surface area contributed by atoms with Crippen LogP contribution >= 0.6 is 11.8 Å². The number of amidine groups is 1. The normalized spacial score (nSPS) is 12.3. The number of aromatic amines is 1. The number of benzene rings is 2. The molecule has 0 saturated carbocycles. The van der Waals surface area contributed by atoms with Gasteiger partial charge in [-0.3, -0.25) is 0 Å². The fourth-order valence-corrected chi connectivity index (χ4v) is 2.74. The molecule has 0 amide bonds. The van der Waals surface area contributed by atoms with E-state index < -0.39 is 0 Å². The highest BCUT2D eigenvalue weighted by Crippen LogP contribution is 2.16. The standard InChI is InChI=1S/C17H16N4S/c18-17(22-12-13-5-2-1-3-6-13)21-20-11-14-7-4-8-16-15(14)9-10-19-16/h1-11,19H,12H2,(H2,18,21). The van der Waals surface area contributed by atoms with Crippen molar-refractivity contribution in [3.05, 3.63) is 71.9 Å². The van der Waals surface area contributed by atoms with E-state index in [-0.39, 0.29) is 0 Å². The summed E-state index contributed by atoms with van der Waals surface area (Å²) in [6, 6.07) is 18.2. The highest BCUT2D eigenvalue weighted by Gasteiger charge is 1.99. The van der Waals surface area contributed by atoms with Crippen LogP contribution in [0.4, 0.5) is 0 Å². The Balaban J connectivity index is 1.64. The van der Waals surface area contributed by atoms with Crippen molar-refractivity contribution in [2.24, 2.45) is 15.9 Å². The monoisotopic (exact) mass is 308 g/mol. The Bertz CT molecular complexity index is 806. The van der Waals surface area contributed by atoms with E-state index in [1.807, 2.05) is 48.7 Å². The number of hydrogen-bond acceptors (Lipinski definition) is 3. The van der Waals surface area contributed by atoms with Crippen LogP contribution in [0.2, 0.25) is 0 Å². The lowest BCUT2D eigenvalue weighted by atomic mass is 10.1. The molecule has 0 unspecified atom stereocenters. The number of thioether (sulfide) groups is 1. The van der Waals surface area contributed by atoms with Crippen molar-refractivity contribution in [1.29, 1.82) is 0 Å². The molecule has 1 heterocycles. The maximum atomic E-state index is 5.87. The zero-order chi connectivity index (χ0) is 15.2. The van der Waals surface area contributed by atoms with Crippen LogP contribution in [0.1, 0.15) is 11.1 Å². The van der Waals surface area contributed by atoms with Gasteiger partial charge in [0, 0.05) is 28.4 Å². The zero-order valence-corrected chi connectivity index (χ0v) is 12.8. The minimum Gasteiger partial charge on any atom is -0.377 e. The largest absolute Gasteiger partial charge is 0.377 e. The molecule has 0 aliphatic carbocycles. The number of rotatable bonds is 4. The molecule has 0 spiro atoms. The number of nitrogens with one attached hydrogen (secondary N) is 1. The SMILES string of the molecule is NC(=NN=Cc1cccc2[nH]ccc12)SCc1ccccc1. The van der Waals surface area contributed by atoms with Gasteiger partial charge in [-0.2, -0.15) is 5.10 Å². The van der Waals surface area contributed by atoms with E-state index >= 15 is 0 Å². The third-order valence-corrected chi connectivity index (χ3v) is 4.07. The number of nitrogens with zero attached hydrogens (tertiary/aromatic N) is 2. The molecule has 0 atom stereocenters. The second-order valence-electron chi connectivity index (χ2n) is 4.74. The molecule has 4 nitrogen and oxygen atoms in total. The van der Waals surface area contributed by atoms with Gasteiger partial charge in [0.25, 0.3) is 0 Å². The van der Waals surface area contributed by atoms with Crippen molar-refractivity contribution in [2.75, 3.05) is 0 Å². The smallest absolute Gasteiger partial charge is 0.180 e. The van der Waals surface area contributed by atoms with Crippen LogP contribution in [0.25, 0.3) is 10.9 Å². The van der Waals surface area contributed by atoms with E-state index in [0.717, 1.165) is 22.2 Å². The lowest BCUT2D eigenvalue weighted by Crippen LogP contribution is -2.06. The Morgan fingerprint density at radius 1 is 1.09 bits per heavy atom. The molecule has 3 rings (SSSR count). The highest BCUT2D eigenvalue weighted by molar-refractivity contribution is 8.13. The van der Waals surface area contributed by atoms with Crippen molar-refractivity contribution in [3.8, 4) is 0 Å². The Hall–Kier alpha value is -2.53. The van der Waals surface area contributed by atoms with Crippen LogP contribution in [-0.2, 0) is 5.75 Å². The van der Waals surface area contributed by atoms with Crippen molar-refractivity contribution >= 4 is 34.0 Å². The van der Waals surface area contributed by atoms with Gasteiger partial charge in [-0.05, 0) is 17.7 Å². The topological polar surface area (TPSA) is 66.5 Å². The zero-order valence-electron chi connectivity index (χ0n) is 11.9. The first kappa shape index (κ1) is 14.4. The molecular formula is C17H16N4S. The number of nitrogens with two attached hydrogens (primary N) is 1. The third kappa shape index (κ3) is 3.56. The maximum Gasteiger partial charge on any atom is 0.180 e. The van der Waals surface area contributed by atoms with E-state index in [4.69, 9.17) is 5.73 Å². The molecule has 110 valence electrons. The summed E-state index contributed by atoms with van der Waals surface area (Å²) in [5, 5.41) is 9.71. The number of fused-ring (bicyclic) bond motifs is 1. The summed E-state index contributed by atoms with van der Waals surface area (Å²) in [6.45, 7) is 0. The quantitative estimate of drug-likeness (QED) is 0.438. The third-order valence-electron chi connectivity index (χ3n) is 3.21. The second-order valence-corrected chi connectivity index (χ2v) is 5.74. The molecule has 0 aliphatic rings. The minimum atomic E-state index is 0.460. The summed E-state index contributed by atoms with van der Waals surface area (Å²) in [5.74, 6) is 0.791. The summed E-state index contributed by atoms with van der Waals surface area (Å²) in [7, 11) is 0. The van der Waals surface area contributed by atoms with Gasteiger partial charge < -0.3 is 10.7 Å². The van der Waals surface area contributed by atoms with E-state index in [2.05, 4.69) is 27.3 Å². The predicted octanol–water partition coefficient (Wildman–Crippen LogP) is 3.75. The number of H-pyrrole nitrogens is 1. The maximum absolute atomic E-state index is 5.87. The lowest BCUT2D eigenvalue weighted by molar-refractivity contribution is 1.25. The molecule has 0 bridgehead atoms. The Labute approximate surface area is 133 Å². The molecular weight excluding hydrogens is 292 g/mol. The van der Waals surface area contributed by atoms with Crippen LogP contribution in [-0.4, -0.2) is 16.4 Å². The second kappa shape index (κ2) is 6.95. The van der Waals surface area contributed by atoms with Gasteiger partial charge in [0.2, 0.25) is 0 Å². The minimum absolute atomic E-state index is 0.460. The lowest BCUT2D eigenvalue weighted by Gasteiger charge is -1.99. The Morgan fingerprint density at radius 2 is 1.95 bits per heavy atom. The van der Waals surface area contributed by atoms with Gasteiger partial charge in [-0.25, -0.2) is 0 Å². The van der Waals surface area contributed by atoms with Crippen molar-refractivity contribution < 1.29 is 0 Å². The van der Waals surface area contributed by atoms with E-state index in [9.17, 15) is 0 Å². The summed E-state index contributed by atoms with van der Waals surface area (Å²) in [6.07, 6.45) is 3.64. The molecule has 22 heavy (non-hydrogen) atoms. The van der Waals surface area contributed by atoms with Gasteiger partial charge in [0.15, 0.2) is 5.17 Å². The summed E-state index contributed by atoms with van der Waals surface area (Å²) in [4.78, 5) is 3.17. The Kier molecular flexibility index (Phi) is 4.56. The molecule has 5 heteroatoms. The molecule has 1 aromatic heterocycles. The fraction of sp³-hybridized carbons (Fsp3) is 0.0588. The molecule has 0 aliphatic heterocycles. The van der Waals surface area contributed by atoms with Crippen LogP contribution < -0.4 is 5.73 Å². The van der Waals surface area contributed by atoms with Gasteiger partial charge in [0.05, 0.1) is 6.21 Å². The van der Waals surface area contributed by atoms with Crippen LogP contribution in [0, 0.1) is 0 Å². The highest BCUT2D eigenvalue weighted by atomic mass is 32.2. The summed E-state index contributed by atoms with van der Waals surface area (Å²) in [5.41, 5.74) is 9.19. The predicted molar refractivity (Wildman–Crippen MR) is 95.3 cm³/mol.